The molecular weight excluding hydrogens is 350 g/mol. The molecule has 0 bridgehead atoms. The lowest BCUT2D eigenvalue weighted by atomic mass is 10.1. The molecule has 6 nitrogen and oxygen atoms in total. The van der Waals surface area contributed by atoms with Crippen molar-refractivity contribution in [1.82, 2.24) is 4.98 Å². The molecule has 0 saturated heterocycles. The molecule has 0 fully saturated rings. The van der Waals surface area contributed by atoms with Gasteiger partial charge in [0.05, 0.1) is 17.4 Å². The first-order chi connectivity index (χ1) is 12.4. The molecule has 2 aromatic carbocycles. The molecule has 7 heteroatoms. The van der Waals surface area contributed by atoms with Crippen LogP contribution in [0.15, 0.2) is 58.0 Å². The zero-order chi connectivity index (χ0) is 18.7. The average Bonchev–Trinajstić information content (AvgIpc) is 3.07. The molecule has 3 rings (SSSR count). The first-order valence-electron chi connectivity index (χ1n) is 7.63. The van der Waals surface area contributed by atoms with Crippen molar-refractivity contribution in [2.24, 2.45) is 0 Å². The number of nitrogens with zero attached hydrogens (tertiary/aromatic N) is 3. The smallest absolute Gasteiger partial charge is 0.257 e. The van der Waals surface area contributed by atoms with Gasteiger partial charge in [-0.3, -0.25) is 0 Å². The number of rotatable bonds is 4. The highest BCUT2D eigenvalue weighted by Crippen LogP contribution is 2.27. The Labute approximate surface area is 150 Å². The molecule has 0 amide bonds. The Morgan fingerprint density at radius 2 is 1.81 bits per heavy atom. The van der Waals surface area contributed by atoms with Crippen LogP contribution in [0.2, 0.25) is 0 Å². The van der Waals surface area contributed by atoms with Gasteiger partial charge in [-0.1, -0.05) is 29.8 Å². The number of nitriles is 2. The predicted molar refractivity (Wildman–Crippen MR) is 93.4 cm³/mol. The van der Waals surface area contributed by atoms with E-state index >= 15 is 0 Å². The number of oxazole rings is 1. The van der Waals surface area contributed by atoms with Gasteiger partial charge in [0, 0.05) is 5.56 Å². The van der Waals surface area contributed by atoms with Crippen molar-refractivity contribution in [3.05, 3.63) is 70.9 Å². The second kappa shape index (κ2) is 6.83. The Morgan fingerprint density at radius 1 is 1.08 bits per heavy atom. The monoisotopic (exact) mass is 363 g/mol. The van der Waals surface area contributed by atoms with Gasteiger partial charge >= 0.3 is 0 Å². The molecule has 0 aliphatic rings. The number of aryl methyl sites for hydroxylation is 1. The summed E-state index contributed by atoms with van der Waals surface area (Å²) in [6, 6.07) is 17.2. The van der Waals surface area contributed by atoms with Crippen molar-refractivity contribution >= 4 is 9.84 Å². The molecule has 0 radical (unpaired) electrons. The molecular formula is C19H13N3O3S. The van der Waals surface area contributed by atoms with Crippen molar-refractivity contribution in [2.45, 2.75) is 17.8 Å². The Hall–Kier alpha value is -3.42. The van der Waals surface area contributed by atoms with E-state index in [1.807, 2.05) is 25.1 Å². The van der Waals surface area contributed by atoms with Gasteiger partial charge in [0.15, 0.2) is 5.69 Å². The van der Waals surface area contributed by atoms with Gasteiger partial charge in [-0.2, -0.15) is 15.5 Å². The van der Waals surface area contributed by atoms with E-state index in [0.717, 1.165) is 5.56 Å². The summed E-state index contributed by atoms with van der Waals surface area (Å²) >= 11 is 0. The van der Waals surface area contributed by atoms with Crippen LogP contribution in [-0.4, -0.2) is 13.4 Å². The molecule has 26 heavy (non-hydrogen) atoms. The second-order valence-electron chi connectivity index (χ2n) is 5.70. The van der Waals surface area contributed by atoms with Crippen LogP contribution < -0.4 is 0 Å². The number of aromatic nitrogens is 1. The SMILES string of the molecule is Cc1ccc(-c2nc(C#N)c(S(=O)(=O)Cc3cccc(C#N)c3)o2)cc1. The highest BCUT2D eigenvalue weighted by Gasteiger charge is 2.27. The van der Waals surface area contributed by atoms with E-state index in [2.05, 4.69) is 4.98 Å². The highest BCUT2D eigenvalue weighted by atomic mass is 32.2. The molecule has 0 aliphatic carbocycles. The van der Waals surface area contributed by atoms with E-state index in [-0.39, 0.29) is 17.3 Å². The lowest BCUT2D eigenvalue weighted by molar-refractivity contribution is 0.457. The maximum absolute atomic E-state index is 12.7. The van der Waals surface area contributed by atoms with Crippen LogP contribution in [-0.2, 0) is 15.6 Å². The van der Waals surface area contributed by atoms with E-state index in [1.165, 1.54) is 6.07 Å². The first-order valence-corrected chi connectivity index (χ1v) is 9.28. The molecule has 0 spiro atoms. The lowest BCUT2D eigenvalue weighted by Gasteiger charge is -2.02. The summed E-state index contributed by atoms with van der Waals surface area (Å²) in [6.07, 6.45) is 0. The Bertz CT molecular complexity index is 1150. The molecule has 0 saturated carbocycles. The average molecular weight is 363 g/mol. The Morgan fingerprint density at radius 3 is 2.46 bits per heavy atom. The van der Waals surface area contributed by atoms with Gasteiger partial charge < -0.3 is 4.42 Å². The molecule has 0 N–H and O–H groups in total. The van der Waals surface area contributed by atoms with Crippen LogP contribution in [0.5, 0.6) is 0 Å². The van der Waals surface area contributed by atoms with Gasteiger partial charge in [0.1, 0.15) is 6.07 Å². The third-order valence-electron chi connectivity index (χ3n) is 3.70. The zero-order valence-corrected chi connectivity index (χ0v) is 14.6. The van der Waals surface area contributed by atoms with Crippen LogP contribution in [0, 0.1) is 29.6 Å². The van der Waals surface area contributed by atoms with E-state index in [9.17, 15) is 13.7 Å². The summed E-state index contributed by atoms with van der Waals surface area (Å²) in [5.74, 6) is -0.314. The van der Waals surface area contributed by atoms with Gasteiger partial charge in [0.25, 0.3) is 5.09 Å². The minimum atomic E-state index is -3.94. The maximum Gasteiger partial charge on any atom is 0.257 e. The third kappa shape index (κ3) is 3.49. The topological polar surface area (TPSA) is 108 Å². The lowest BCUT2D eigenvalue weighted by Crippen LogP contribution is -2.06. The molecule has 0 atom stereocenters. The fourth-order valence-corrected chi connectivity index (χ4v) is 3.76. The van der Waals surface area contributed by atoms with Crippen LogP contribution >= 0.6 is 0 Å². The Kier molecular flexibility index (Phi) is 4.57. The minimum absolute atomic E-state index is 0.0749. The number of hydrogen-bond acceptors (Lipinski definition) is 6. The fourth-order valence-electron chi connectivity index (χ4n) is 2.42. The maximum atomic E-state index is 12.7. The molecule has 1 heterocycles. The number of hydrogen-bond donors (Lipinski definition) is 0. The summed E-state index contributed by atoms with van der Waals surface area (Å²) in [6.45, 7) is 1.92. The number of sulfone groups is 1. The third-order valence-corrected chi connectivity index (χ3v) is 5.25. The van der Waals surface area contributed by atoms with Crippen molar-refractivity contribution < 1.29 is 12.8 Å². The van der Waals surface area contributed by atoms with Crippen LogP contribution in [0.4, 0.5) is 0 Å². The van der Waals surface area contributed by atoms with Crippen LogP contribution in [0.25, 0.3) is 11.5 Å². The van der Waals surface area contributed by atoms with E-state index in [0.29, 0.717) is 16.7 Å². The van der Waals surface area contributed by atoms with Gasteiger partial charge in [0.2, 0.25) is 15.7 Å². The quantitative estimate of drug-likeness (QED) is 0.703. The molecule has 0 unspecified atom stereocenters. The van der Waals surface area contributed by atoms with Gasteiger partial charge in [-0.05, 0) is 36.8 Å². The first kappa shape index (κ1) is 17.4. The fraction of sp³-hybridized carbons (Fsp3) is 0.105. The summed E-state index contributed by atoms with van der Waals surface area (Å²) < 4.78 is 30.9. The molecule has 1 aromatic heterocycles. The van der Waals surface area contributed by atoms with Crippen LogP contribution in [0.3, 0.4) is 0 Å². The molecule has 0 aliphatic heterocycles. The largest absolute Gasteiger partial charge is 0.423 e. The summed E-state index contributed by atoms with van der Waals surface area (Å²) in [5, 5.41) is 17.7. The zero-order valence-electron chi connectivity index (χ0n) is 13.8. The normalized spacial score (nSPS) is 10.9. The number of benzene rings is 2. The molecule has 128 valence electrons. The summed E-state index contributed by atoms with van der Waals surface area (Å²) in [5.41, 5.74) is 2.13. The highest BCUT2D eigenvalue weighted by molar-refractivity contribution is 7.90. The molecule has 3 aromatic rings. The van der Waals surface area contributed by atoms with Crippen molar-refractivity contribution in [3.63, 3.8) is 0 Å². The van der Waals surface area contributed by atoms with Gasteiger partial charge in [-0.15, -0.1) is 0 Å². The van der Waals surface area contributed by atoms with Crippen molar-refractivity contribution in [2.75, 3.05) is 0 Å². The second-order valence-corrected chi connectivity index (χ2v) is 7.59. The summed E-state index contributed by atoms with van der Waals surface area (Å²) in [7, 11) is -3.94. The van der Waals surface area contributed by atoms with E-state index in [1.54, 1.807) is 36.4 Å². The Balaban J connectivity index is 2.00. The summed E-state index contributed by atoms with van der Waals surface area (Å²) in [4.78, 5) is 4.01. The van der Waals surface area contributed by atoms with E-state index < -0.39 is 14.9 Å². The van der Waals surface area contributed by atoms with Gasteiger partial charge in [-0.25, -0.2) is 8.42 Å². The predicted octanol–water partition coefficient (Wildman–Crippen LogP) is 3.37. The standard InChI is InChI=1S/C19H13N3O3S/c1-13-5-7-16(8-6-13)18-22-17(11-21)19(25-18)26(23,24)12-15-4-2-3-14(9-15)10-20/h2-9H,12H2,1H3. The minimum Gasteiger partial charge on any atom is -0.423 e. The van der Waals surface area contributed by atoms with E-state index in [4.69, 9.17) is 9.68 Å². The van der Waals surface area contributed by atoms with Crippen LogP contribution in [0.1, 0.15) is 22.4 Å². The van der Waals surface area contributed by atoms with Crippen molar-refractivity contribution in [1.29, 1.82) is 10.5 Å². The van der Waals surface area contributed by atoms with Crippen molar-refractivity contribution in [3.8, 4) is 23.6 Å².